The van der Waals surface area contributed by atoms with E-state index in [9.17, 15) is 0 Å². The van der Waals surface area contributed by atoms with E-state index in [1.165, 1.54) is 71.6 Å². The summed E-state index contributed by atoms with van der Waals surface area (Å²) in [6, 6.07) is 72.3. The summed E-state index contributed by atoms with van der Waals surface area (Å²) in [6.07, 6.45) is 0. The number of imidazole rings is 1. The lowest BCUT2D eigenvalue weighted by molar-refractivity contribution is 1.10. The van der Waals surface area contributed by atoms with Crippen LogP contribution in [-0.2, 0) is 0 Å². The Morgan fingerprint density at radius 3 is 1.59 bits per heavy atom. The van der Waals surface area contributed by atoms with Crippen molar-refractivity contribution in [1.29, 1.82) is 0 Å². The molecule has 0 radical (unpaired) electrons. The molecule has 9 aromatic carbocycles. The van der Waals surface area contributed by atoms with Crippen molar-refractivity contribution in [2.24, 2.45) is 0 Å². The number of rotatable bonds is 6. The van der Waals surface area contributed by atoms with Gasteiger partial charge in [-0.3, -0.25) is 4.57 Å². The van der Waals surface area contributed by atoms with Crippen molar-refractivity contribution in [2.45, 2.75) is 6.92 Å². The number of nitrogens with zero attached hydrogens (tertiary/aromatic N) is 2. The number of hydrogen-bond donors (Lipinski definition) is 0. The van der Waals surface area contributed by atoms with Crippen LogP contribution in [0.25, 0.3) is 94.2 Å². The minimum Gasteiger partial charge on any atom is -0.292 e. The van der Waals surface area contributed by atoms with E-state index in [-0.39, 0.29) is 0 Å². The first-order valence-electron chi connectivity index (χ1n) is 18.5. The number of fused-ring (bicyclic) bond motifs is 3. The van der Waals surface area contributed by atoms with Gasteiger partial charge in [0.25, 0.3) is 0 Å². The van der Waals surface area contributed by atoms with Crippen LogP contribution < -0.4 is 0 Å². The molecule has 1 aromatic heterocycles. The van der Waals surface area contributed by atoms with Gasteiger partial charge in [-0.05, 0) is 115 Å². The SMILES string of the molecule is Cc1ccc2c(c1)nc(-c1ccc(-c3ccc4c(-c5cccc(-c6ccccc6)c5)c5ccccc5c(-c5ccccc5)c4c3)cc1)n2-c1ccccc1. The molecule has 0 bridgehead atoms. The predicted molar refractivity (Wildman–Crippen MR) is 228 cm³/mol. The van der Waals surface area contributed by atoms with Crippen molar-refractivity contribution in [3.8, 4) is 61.6 Å². The Morgan fingerprint density at radius 2 is 0.870 bits per heavy atom. The van der Waals surface area contributed by atoms with Crippen LogP contribution in [0.1, 0.15) is 5.56 Å². The molecule has 0 aliphatic rings. The summed E-state index contributed by atoms with van der Waals surface area (Å²) >= 11 is 0. The highest BCUT2D eigenvalue weighted by Gasteiger charge is 2.19. The zero-order chi connectivity index (χ0) is 36.0. The van der Waals surface area contributed by atoms with Gasteiger partial charge in [-0.1, -0.05) is 164 Å². The first kappa shape index (κ1) is 31.7. The van der Waals surface area contributed by atoms with Gasteiger partial charge >= 0.3 is 0 Å². The van der Waals surface area contributed by atoms with Crippen molar-refractivity contribution in [1.82, 2.24) is 9.55 Å². The molecule has 2 heteroatoms. The average molecular weight is 689 g/mol. The number of benzene rings is 9. The zero-order valence-corrected chi connectivity index (χ0v) is 29.9. The minimum absolute atomic E-state index is 0.937. The summed E-state index contributed by atoms with van der Waals surface area (Å²) in [5.41, 5.74) is 15.2. The largest absolute Gasteiger partial charge is 0.292 e. The smallest absolute Gasteiger partial charge is 0.145 e. The van der Waals surface area contributed by atoms with E-state index in [1.54, 1.807) is 0 Å². The van der Waals surface area contributed by atoms with E-state index in [0.29, 0.717) is 0 Å². The monoisotopic (exact) mass is 688 g/mol. The van der Waals surface area contributed by atoms with E-state index >= 15 is 0 Å². The van der Waals surface area contributed by atoms with E-state index in [4.69, 9.17) is 4.98 Å². The third-order valence-corrected chi connectivity index (χ3v) is 10.6. The molecular formula is C52H36N2. The maximum Gasteiger partial charge on any atom is 0.145 e. The van der Waals surface area contributed by atoms with E-state index in [2.05, 4.69) is 212 Å². The van der Waals surface area contributed by atoms with Crippen molar-refractivity contribution >= 4 is 32.6 Å². The molecule has 0 fully saturated rings. The van der Waals surface area contributed by atoms with Crippen molar-refractivity contribution < 1.29 is 0 Å². The van der Waals surface area contributed by atoms with Crippen LogP contribution >= 0.6 is 0 Å². The van der Waals surface area contributed by atoms with Gasteiger partial charge < -0.3 is 0 Å². The zero-order valence-electron chi connectivity index (χ0n) is 29.9. The van der Waals surface area contributed by atoms with Crippen molar-refractivity contribution in [3.63, 3.8) is 0 Å². The van der Waals surface area contributed by atoms with Gasteiger partial charge in [-0.15, -0.1) is 0 Å². The Bertz CT molecular complexity index is 2960. The quantitative estimate of drug-likeness (QED) is 0.159. The van der Waals surface area contributed by atoms with Crippen LogP contribution in [0, 0.1) is 6.92 Å². The molecule has 0 N–H and O–H groups in total. The summed E-state index contributed by atoms with van der Waals surface area (Å²) in [4.78, 5) is 5.16. The lowest BCUT2D eigenvalue weighted by Crippen LogP contribution is -1.97. The van der Waals surface area contributed by atoms with Gasteiger partial charge in [0.2, 0.25) is 0 Å². The summed E-state index contributed by atoms with van der Waals surface area (Å²) in [6.45, 7) is 2.12. The molecule has 0 unspecified atom stereocenters. The standard InChI is InChI=1S/C52H36N2/c1-35-24-31-49-48(32-35)53-52(54(49)43-20-9-4-10-21-43)39-27-25-37(26-28-39)41-29-30-46-47(34-41)50(38-16-7-3-8-17-38)44-22-11-12-23-45(44)51(46)42-19-13-18-40(33-42)36-14-5-2-6-15-36/h2-34H,1H3. The molecule has 0 spiro atoms. The molecule has 1 heterocycles. The molecule has 0 amide bonds. The minimum atomic E-state index is 0.937. The van der Waals surface area contributed by atoms with Gasteiger partial charge in [0, 0.05) is 11.3 Å². The van der Waals surface area contributed by atoms with Crippen LogP contribution in [-0.4, -0.2) is 9.55 Å². The molecule has 0 atom stereocenters. The molecule has 54 heavy (non-hydrogen) atoms. The molecule has 0 aliphatic heterocycles. The van der Waals surface area contributed by atoms with Crippen LogP contribution in [0.3, 0.4) is 0 Å². The fourth-order valence-corrected chi connectivity index (χ4v) is 8.10. The van der Waals surface area contributed by atoms with E-state index < -0.39 is 0 Å². The number of hydrogen-bond acceptors (Lipinski definition) is 1. The molecule has 0 aliphatic carbocycles. The Hall–Kier alpha value is -7.03. The van der Waals surface area contributed by atoms with Gasteiger partial charge in [-0.25, -0.2) is 4.98 Å². The highest BCUT2D eigenvalue weighted by molar-refractivity contribution is 6.22. The summed E-state index contributed by atoms with van der Waals surface area (Å²) in [7, 11) is 0. The Morgan fingerprint density at radius 1 is 0.352 bits per heavy atom. The first-order valence-corrected chi connectivity index (χ1v) is 18.5. The van der Waals surface area contributed by atoms with Crippen LogP contribution in [0.5, 0.6) is 0 Å². The molecule has 0 saturated carbocycles. The van der Waals surface area contributed by atoms with Gasteiger partial charge in [0.15, 0.2) is 0 Å². The van der Waals surface area contributed by atoms with Gasteiger partial charge in [-0.2, -0.15) is 0 Å². The van der Waals surface area contributed by atoms with Crippen molar-refractivity contribution in [3.05, 3.63) is 206 Å². The second-order valence-corrected chi connectivity index (χ2v) is 14.0. The van der Waals surface area contributed by atoms with Crippen LogP contribution in [0.4, 0.5) is 0 Å². The Kier molecular flexibility index (Phi) is 7.74. The average Bonchev–Trinajstić information content (AvgIpc) is 3.62. The summed E-state index contributed by atoms with van der Waals surface area (Å²) in [5.74, 6) is 0.937. The lowest BCUT2D eigenvalue weighted by atomic mass is 9.84. The van der Waals surface area contributed by atoms with Crippen molar-refractivity contribution in [2.75, 3.05) is 0 Å². The number of para-hydroxylation sites is 1. The lowest BCUT2D eigenvalue weighted by Gasteiger charge is -2.19. The Balaban J connectivity index is 1.16. The topological polar surface area (TPSA) is 17.8 Å². The fraction of sp³-hybridized carbons (Fsp3) is 0.0192. The summed E-state index contributed by atoms with van der Waals surface area (Å²) in [5, 5.41) is 4.98. The second-order valence-electron chi connectivity index (χ2n) is 14.0. The fourth-order valence-electron chi connectivity index (χ4n) is 8.10. The molecule has 10 aromatic rings. The van der Waals surface area contributed by atoms with Gasteiger partial charge in [0.1, 0.15) is 5.82 Å². The van der Waals surface area contributed by atoms with E-state index in [1.807, 2.05) is 0 Å². The molecule has 254 valence electrons. The summed E-state index contributed by atoms with van der Waals surface area (Å²) < 4.78 is 2.27. The first-order chi connectivity index (χ1) is 26.7. The predicted octanol–water partition coefficient (Wildman–Crippen LogP) is 14.0. The maximum atomic E-state index is 5.16. The highest BCUT2D eigenvalue weighted by Crippen LogP contribution is 2.45. The second kappa shape index (κ2) is 13.2. The van der Waals surface area contributed by atoms with E-state index in [0.717, 1.165) is 28.1 Å². The Labute approximate surface area is 315 Å². The highest BCUT2D eigenvalue weighted by atomic mass is 15.1. The normalized spacial score (nSPS) is 11.4. The molecule has 10 rings (SSSR count). The third-order valence-electron chi connectivity index (χ3n) is 10.6. The number of aromatic nitrogens is 2. The van der Waals surface area contributed by atoms with Gasteiger partial charge in [0.05, 0.1) is 11.0 Å². The van der Waals surface area contributed by atoms with Crippen LogP contribution in [0.15, 0.2) is 200 Å². The molecule has 0 saturated heterocycles. The third kappa shape index (κ3) is 5.48. The van der Waals surface area contributed by atoms with Crippen LogP contribution in [0.2, 0.25) is 0 Å². The molecule has 2 nitrogen and oxygen atoms in total. The molecular weight excluding hydrogens is 653 g/mol. The maximum absolute atomic E-state index is 5.16. The number of aryl methyl sites for hydroxylation is 1.